The fourth-order valence-corrected chi connectivity index (χ4v) is 2.27. The number of nitrogens with zero attached hydrogens (tertiary/aromatic N) is 3. The zero-order chi connectivity index (χ0) is 16.3. The van der Waals surface area contributed by atoms with Crippen molar-refractivity contribution in [2.45, 2.75) is 18.2 Å². The van der Waals surface area contributed by atoms with Crippen molar-refractivity contribution >= 4 is 41.3 Å². The van der Waals surface area contributed by atoms with Crippen LogP contribution >= 0.6 is 23.4 Å². The first-order chi connectivity index (χ1) is 10.4. The van der Waals surface area contributed by atoms with E-state index in [9.17, 15) is 14.4 Å². The van der Waals surface area contributed by atoms with E-state index in [4.69, 9.17) is 16.3 Å². The van der Waals surface area contributed by atoms with Crippen molar-refractivity contribution in [3.05, 3.63) is 16.9 Å². The number of ether oxygens (including phenoxy) is 1. The fourth-order valence-electron chi connectivity index (χ4n) is 1.76. The monoisotopic (exact) mass is 344 g/mol. The highest BCUT2D eigenvalue weighted by atomic mass is 35.5. The third kappa shape index (κ3) is 3.47. The Morgan fingerprint density at radius 2 is 2.27 bits per heavy atom. The quantitative estimate of drug-likeness (QED) is 0.493. The first-order valence-electron chi connectivity index (χ1n) is 6.30. The summed E-state index contributed by atoms with van der Waals surface area (Å²) in [6.45, 7) is 2.00. The number of nitrogens with one attached hydrogen (secondary N) is 1. The molecule has 0 bridgehead atoms. The average molecular weight is 345 g/mol. The van der Waals surface area contributed by atoms with Crippen molar-refractivity contribution in [2.75, 3.05) is 19.3 Å². The molecule has 1 saturated heterocycles. The second kappa shape index (κ2) is 6.93. The zero-order valence-electron chi connectivity index (χ0n) is 11.8. The number of rotatable bonds is 4. The fraction of sp³-hybridized carbons (Fsp3) is 0.417. The average Bonchev–Trinajstić information content (AvgIpc) is 2.92. The summed E-state index contributed by atoms with van der Waals surface area (Å²) in [5.74, 6) is -1.44. The molecule has 0 spiro atoms. The predicted octanol–water partition coefficient (Wildman–Crippen LogP) is 0.949. The second-order valence-corrected chi connectivity index (χ2v) is 5.50. The molecule has 0 radical (unpaired) electrons. The van der Waals surface area contributed by atoms with Gasteiger partial charge in [0.15, 0.2) is 17.0 Å². The summed E-state index contributed by atoms with van der Waals surface area (Å²) in [6.07, 6.45) is 1.91. The van der Waals surface area contributed by atoms with Gasteiger partial charge in [-0.2, -0.15) is 0 Å². The van der Waals surface area contributed by atoms with Crippen molar-refractivity contribution in [1.29, 1.82) is 0 Å². The molecule has 2 heterocycles. The molecule has 1 aliphatic heterocycles. The largest absolute Gasteiger partial charge is 0.448 e. The molecule has 118 valence electrons. The summed E-state index contributed by atoms with van der Waals surface area (Å²) in [5.41, 5.74) is -0.119. The van der Waals surface area contributed by atoms with Gasteiger partial charge in [-0.3, -0.25) is 9.69 Å². The molecule has 0 aliphatic carbocycles. The van der Waals surface area contributed by atoms with Gasteiger partial charge >= 0.3 is 12.0 Å². The highest BCUT2D eigenvalue weighted by Crippen LogP contribution is 2.18. The summed E-state index contributed by atoms with van der Waals surface area (Å²) in [4.78, 5) is 44.4. The first kappa shape index (κ1) is 16.5. The lowest BCUT2D eigenvalue weighted by atomic mass is 10.3. The number of amides is 3. The molecular weight excluding hydrogens is 332 g/mol. The van der Waals surface area contributed by atoms with Gasteiger partial charge < -0.3 is 10.1 Å². The van der Waals surface area contributed by atoms with Crippen molar-refractivity contribution in [3.8, 4) is 0 Å². The van der Waals surface area contributed by atoms with Gasteiger partial charge in [0, 0.05) is 13.1 Å². The summed E-state index contributed by atoms with van der Waals surface area (Å²) >= 11 is 7.11. The van der Waals surface area contributed by atoms with Crippen LogP contribution in [0.5, 0.6) is 0 Å². The summed E-state index contributed by atoms with van der Waals surface area (Å²) in [7, 11) is 0. The Morgan fingerprint density at radius 3 is 2.86 bits per heavy atom. The van der Waals surface area contributed by atoms with Gasteiger partial charge in [-0.25, -0.2) is 19.6 Å². The number of aromatic nitrogens is 2. The lowest BCUT2D eigenvalue weighted by molar-refractivity contribution is -0.136. The van der Waals surface area contributed by atoms with E-state index >= 15 is 0 Å². The minimum Gasteiger partial charge on any atom is -0.448 e. The molecule has 3 amide bonds. The molecule has 2 rings (SSSR count). The van der Waals surface area contributed by atoms with Crippen LogP contribution in [0.4, 0.5) is 4.79 Å². The number of hydrogen-bond donors (Lipinski definition) is 1. The highest BCUT2D eigenvalue weighted by molar-refractivity contribution is 7.98. The molecule has 10 heteroatoms. The number of carbonyl (C=O) groups excluding carboxylic acids is 3. The number of thioether (sulfide) groups is 1. The SMILES string of the molecule is CSc1ncc(Cl)c(C(=O)O[C@@H](C)C(=O)N2CCNC2=O)n1. The zero-order valence-corrected chi connectivity index (χ0v) is 13.4. The topological polar surface area (TPSA) is 101 Å². The van der Waals surface area contributed by atoms with E-state index in [0.29, 0.717) is 11.7 Å². The second-order valence-electron chi connectivity index (χ2n) is 4.32. The lowest BCUT2D eigenvalue weighted by Gasteiger charge is -2.18. The normalized spacial score (nSPS) is 15.4. The molecule has 1 aromatic rings. The number of esters is 1. The van der Waals surface area contributed by atoms with Crippen molar-refractivity contribution in [1.82, 2.24) is 20.2 Å². The van der Waals surface area contributed by atoms with Gasteiger partial charge in [0.1, 0.15) is 0 Å². The molecule has 22 heavy (non-hydrogen) atoms. The number of halogens is 1. The molecule has 8 nitrogen and oxygen atoms in total. The van der Waals surface area contributed by atoms with E-state index in [1.807, 2.05) is 0 Å². The van der Waals surface area contributed by atoms with Crippen LogP contribution in [0.1, 0.15) is 17.4 Å². The maximum atomic E-state index is 12.1. The van der Waals surface area contributed by atoms with Crippen LogP contribution < -0.4 is 5.32 Å². The minimum atomic E-state index is -1.12. The third-order valence-corrected chi connectivity index (χ3v) is 3.69. The van der Waals surface area contributed by atoms with E-state index in [1.165, 1.54) is 24.9 Å². The number of carbonyl (C=O) groups is 3. The number of imide groups is 1. The van der Waals surface area contributed by atoms with Gasteiger partial charge in [-0.15, -0.1) is 0 Å². The van der Waals surface area contributed by atoms with Crippen LogP contribution in [0.25, 0.3) is 0 Å². The van der Waals surface area contributed by atoms with Gasteiger partial charge in [0.25, 0.3) is 5.91 Å². The number of hydrogen-bond acceptors (Lipinski definition) is 7. The van der Waals surface area contributed by atoms with Gasteiger partial charge in [-0.05, 0) is 13.2 Å². The van der Waals surface area contributed by atoms with Gasteiger partial charge in [0.2, 0.25) is 0 Å². The first-order valence-corrected chi connectivity index (χ1v) is 7.91. The Labute approximate surface area is 135 Å². The maximum Gasteiger partial charge on any atom is 0.359 e. The van der Waals surface area contributed by atoms with E-state index in [-0.39, 0.29) is 17.3 Å². The van der Waals surface area contributed by atoms with Crippen molar-refractivity contribution < 1.29 is 19.1 Å². The molecule has 1 fully saturated rings. The van der Waals surface area contributed by atoms with Crippen molar-refractivity contribution in [3.63, 3.8) is 0 Å². The standard InChI is InChI=1S/C12H13ClN4O4S/c1-6(9(18)17-4-3-14-12(17)20)21-10(19)8-7(13)5-15-11(16-8)22-2/h5-6H,3-4H2,1-2H3,(H,14,20)/t6-/m0/s1. The van der Waals surface area contributed by atoms with Crippen LogP contribution in [-0.2, 0) is 9.53 Å². The lowest BCUT2D eigenvalue weighted by Crippen LogP contribution is -2.41. The van der Waals surface area contributed by atoms with Crippen LogP contribution in [0.3, 0.4) is 0 Å². The molecule has 1 aromatic heterocycles. The molecule has 0 unspecified atom stereocenters. The Bertz CT molecular complexity index is 627. The van der Waals surface area contributed by atoms with E-state index in [0.717, 1.165) is 4.90 Å². The Hall–Kier alpha value is -1.87. The summed E-state index contributed by atoms with van der Waals surface area (Å²) in [6, 6.07) is -0.502. The van der Waals surface area contributed by atoms with Gasteiger partial charge in [0.05, 0.1) is 11.2 Å². The van der Waals surface area contributed by atoms with Crippen LogP contribution in [0, 0.1) is 0 Å². The Kier molecular flexibility index (Phi) is 5.19. The summed E-state index contributed by atoms with van der Waals surface area (Å²) in [5, 5.41) is 2.88. The molecular formula is C12H13ClN4O4S. The predicted molar refractivity (Wildman–Crippen MR) is 78.8 cm³/mol. The van der Waals surface area contributed by atoms with Crippen LogP contribution in [0.2, 0.25) is 5.02 Å². The molecule has 1 atom stereocenters. The van der Waals surface area contributed by atoms with Crippen molar-refractivity contribution in [2.24, 2.45) is 0 Å². The molecule has 0 saturated carbocycles. The van der Waals surface area contributed by atoms with E-state index in [2.05, 4.69) is 15.3 Å². The smallest absolute Gasteiger partial charge is 0.359 e. The Balaban J connectivity index is 2.08. The maximum absolute atomic E-state index is 12.1. The van der Waals surface area contributed by atoms with Crippen LogP contribution in [0.15, 0.2) is 11.4 Å². The number of urea groups is 1. The summed E-state index contributed by atoms with van der Waals surface area (Å²) < 4.78 is 5.05. The third-order valence-electron chi connectivity index (χ3n) is 2.85. The molecule has 0 aromatic carbocycles. The van der Waals surface area contributed by atoms with Gasteiger partial charge in [-0.1, -0.05) is 23.4 Å². The molecule has 1 N–H and O–H groups in total. The molecule has 1 aliphatic rings. The minimum absolute atomic E-state index is 0.0290. The Morgan fingerprint density at radius 1 is 1.55 bits per heavy atom. The van der Waals surface area contributed by atoms with E-state index in [1.54, 1.807) is 6.26 Å². The highest BCUT2D eigenvalue weighted by Gasteiger charge is 2.32. The van der Waals surface area contributed by atoms with E-state index < -0.39 is 24.0 Å². The van der Waals surface area contributed by atoms with Crippen LogP contribution in [-0.4, -0.2) is 58.2 Å².